The summed E-state index contributed by atoms with van der Waals surface area (Å²) in [7, 11) is 0. The van der Waals surface area contributed by atoms with Crippen LogP contribution in [0.25, 0.3) is 0 Å². The zero-order chi connectivity index (χ0) is 18.5. The summed E-state index contributed by atoms with van der Waals surface area (Å²) in [6.45, 7) is 7.12. The van der Waals surface area contributed by atoms with Crippen molar-refractivity contribution in [2.45, 2.75) is 64.5 Å². The number of likely N-dealkylation sites (tertiary alicyclic amines) is 1. The second kappa shape index (κ2) is 8.67. The maximum absolute atomic E-state index is 12.3. The van der Waals surface area contributed by atoms with Gasteiger partial charge in [-0.15, -0.1) is 0 Å². The average Bonchev–Trinajstić information content (AvgIpc) is 3.06. The molecule has 2 saturated heterocycles. The molecule has 1 aromatic rings. The second-order valence-electron chi connectivity index (χ2n) is 7.67. The Morgan fingerprint density at radius 2 is 1.81 bits per heavy atom. The van der Waals surface area contributed by atoms with Crippen LogP contribution in [0.1, 0.15) is 62.7 Å². The largest absolute Gasteiger partial charge is 0.352 e. The molecule has 0 spiro atoms. The highest BCUT2D eigenvalue weighted by Gasteiger charge is 2.24. The Labute approximate surface area is 156 Å². The van der Waals surface area contributed by atoms with E-state index in [4.69, 9.17) is 0 Å². The van der Waals surface area contributed by atoms with Crippen molar-refractivity contribution < 1.29 is 9.59 Å². The van der Waals surface area contributed by atoms with E-state index in [0.717, 1.165) is 31.6 Å². The summed E-state index contributed by atoms with van der Waals surface area (Å²) in [5.41, 5.74) is 1.54. The molecule has 0 bridgehead atoms. The number of hydrogen-bond donors (Lipinski definition) is 1. The highest BCUT2D eigenvalue weighted by molar-refractivity contribution is 5.97. The number of carbonyl (C=O) groups excluding carboxylic acids is 2. The van der Waals surface area contributed by atoms with Crippen LogP contribution in [0.4, 0.5) is 5.69 Å². The second-order valence-corrected chi connectivity index (χ2v) is 7.67. The highest BCUT2D eigenvalue weighted by atomic mass is 16.2. The zero-order valence-corrected chi connectivity index (χ0v) is 16.0. The first kappa shape index (κ1) is 18.9. The van der Waals surface area contributed by atoms with E-state index in [1.165, 1.54) is 19.3 Å². The number of carbonyl (C=O) groups is 2. The quantitative estimate of drug-likeness (QED) is 0.796. The molecule has 0 aromatic heterocycles. The van der Waals surface area contributed by atoms with Crippen LogP contribution >= 0.6 is 0 Å². The van der Waals surface area contributed by atoms with Crippen molar-refractivity contribution in [1.29, 1.82) is 0 Å². The molecule has 0 unspecified atom stereocenters. The topological polar surface area (TPSA) is 52.7 Å². The van der Waals surface area contributed by atoms with Gasteiger partial charge in [0.15, 0.2) is 0 Å². The molecule has 2 atom stereocenters. The van der Waals surface area contributed by atoms with Gasteiger partial charge in [-0.1, -0.05) is 6.42 Å². The summed E-state index contributed by atoms with van der Waals surface area (Å²) in [5, 5.41) is 3.02. The monoisotopic (exact) mass is 357 g/mol. The van der Waals surface area contributed by atoms with Crippen molar-refractivity contribution in [2.75, 3.05) is 24.5 Å². The molecule has 1 aromatic carbocycles. The zero-order valence-electron chi connectivity index (χ0n) is 16.0. The van der Waals surface area contributed by atoms with Crippen molar-refractivity contribution in [1.82, 2.24) is 10.2 Å². The maximum Gasteiger partial charge on any atom is 0.251 e. The van der Waals surface area contributed by atoms with Crippen LogP contribution in [-0.2, 0) is 4.79 Å². The van der Waals surface area contributed by atoms with Gasteiger partial charge in [0.25, 0.3) is 5.91 Å². The molecular formula is C21H31N3O2. The van der Waals surface area contributed by atoms with Crippen LogP contribution in [0, 0.1) is 0 Å². The van der Waals surface area contributed by atoms with E-state index >= 15 is 0 Å². The van der Waals surface area contributed by atoms with Crippen LogP contribution in [0.5, 0.6) is 0 Å². The Hall–Kier alpha value is -1.88. The van der Waals surface area contributed by atoms with Gasteiger partial charge in [-0.2, -0.15) is 0 Å². The molecule has 3 rings (SSSR count). The normalized spacial score (nSPS) is 24.1. The standard InChI is InChI=1S/C21H31N3O2/c1-16-6-3-7-17(2)23(16)15-5-13-22-21(26)18-9-11-19(12-10-18)24-14-4-8-20(24)25/h9-12,16-17H,3-8,13-15H2,1-2H3,(H,22,26)/t16-,17+. The Bertz CT molecular complexity index is 619. The van der Waals surface area contributed by atoms with Crippen LogP contribution in [0.15, 0.2) is 24.3 Å². The molecule has 5 heteroatoms. The minimum atomic E-state index is -0.0379. The highest BCUT2D eigenvalue weighted by Crippen LogP contribution is 2.23. The third-order valence-corrected chi connectivity index (χ3v) is 5.77. The Morgan fingerprint density at radius 1 is 1.12 bits per heavy atom. The molecule has 5 nitrogen and oxygen atoms in total. The fraction of sp³-hybridized carbons (Fsp3) is 0.619. The van der Waals surface area contributed by atoms with E-state index < -0.39 is 0 Å². The van der Waals surface area contributed by atoms with Crippen molar-refractivity contribution >= 4 is 17.5 Å². The minimum Gasteiger partial charge on any atom is -0.352 e. The van der Waals surface area contributed by atoms with Gasteiger partial charge < -0.3 is 10.2 Å². The lowest BCUT2D eigenvalue weighted by atomic mass is 9.97. The number of nitrogens with one attached hydrogen (secondary N) is 1. The summed E-state index contributed by atoms with van der Waals surface area (Å²) < 4.78 is 0. The minimum absolute atomic E-state index is 0.0379. The summed E-state index contributed by atoms with van der Waals surface area (Å²) in [6.07, 6.45) is 6.40. The van der Waals surface area contributed by atoms with Crippen LogP contribution < -0.4 is 10.2 Å². The summed E-state index contributed by atoms with van der Waals surface area (Å²) in [5.74, 6) is 0.132. The smallest absolute Gasteiger partial charge is 0.251 e. The molecule has 142 valence electrons. The first-order valence-corrected chi connectivity index (χ1v) is 10.0. The van der Waals surface area contributed by atoms with E-state index in [1.807, 2.05) is 24.3 Å². The lowest BCUT2D eigenvalue weighted by Crippen LogP contribution is -2.44. The van der Waals surface area contributed by atoms with Crippen molar-refractivity contribution in [2.24, 2.45) is 0 Å². The summed E-state index contributed by atoms with van der Waals surface area (Å²) in [6, 6.07) is 8.66. The van der Waals surface area contributed by atoms with Gasteiger partial charge in [0, 0.05) is 49.4 Å². The lowest BCUT2D eigenvalue weighted by Gasteiger charge is -2.39. The molecule has 1 N–H and O–H groups in total. The Kier molecular flexibility index (Phi) is 6.30. The molecule has 0 radical (unpaired) electrons. The van der Waals surface area contributed by atoms with E-state index in [-0.39, 0.29) is 11.8 Å². The number of benzene rings is 1. The van der Waals surface area contributed by atoms with Crippen LogP contribution in [0.2, 0.25) is 0 Å². The van der Waals surface area contributed by atoms with Gasteiger partial charge in [-0.05, 0) is 63.8 Å². The van der Waals surface area contributed by atoms with E-state index in [2.05, 4.69) is 24.1 Å². The molecule has 2 heterocycles. The fourth-order valence-electron chi connectivity index (χ4n) is 4.20. The fourth-order valence-corrected chi connectivity index (χ4v) is 4.20. The van der Waals surface area contributed by atoms with Gasteiger partial charge in [0.1, 0.15) is 0 Å². The third kappa shape index (κ3) is 4.44. The summed E-state index contributed by atoms with van der Waals surface area (Å²) in [4.78, 5) is 28.5. The first-order chi connectivity index (χ1) is 12.6. The van der Waals surface area contributed by atoms with Crippen molar-refractivity contribution in [3.05, 3.63) is 29.8 Å². The molecule has 26 heavy (non-hydrogen) atoms. The molecule has 0 aliphatic carbocycles. The Morgan fingerprint density at radius 3 is 2.42 bits per heavy atom. The van der Waals surface area contributed by atoms with Crippen molar-refractivity contribution in [3.8, 4) is 0 Å². The number of nitrogens with zero attached hydrogens (tertiary/aromatic N) is 2. The molecule has 2 amide bonds. The van der Waals surface area contributed by atoms with E-state index in [1.54, 1.807) is 4.90 Å². The van der Waals surface area contributed by atoms with Crippen LogP contribution in [-0.4, -0.2) is 48.4 Å². The predicted molar refractivity (Wildman–Crippen MR) is 104 cm³/mol. The predicted octanol–water partition coefficient (Wildman–Crippen LogP) is 3.20. The SMILES string of the molecule is C[C@@H]1CCC[C@H](C)N1CCCNC(=O)c1ccc(N2CCCC2=O)cc1. The van der Waals surface area contributed by atoms with E-state index in [9.17, 15) is 9.59 Å². The van der Waals surface area contributed by atoms with Gasteiger partial charge in [0.2, 0.25) is 5.91 Å². The molecule has 0 saturated carbocycles. The Balaban J connectivity index is 1.44. The third-order valence-electron chi connectivity index (χ3n) is 5.77. The van der Waals surface area contributed by atoms with E-state index in [0.29, 0.717) is 30.6 Å². The van der Waals surface area contributed by atoms with Gasteiger partial charge in [0.05, 0.1) is 0 Å². The average molecular weight is 357 g/mol. The van der Waals surface area contributed by atoms with Crippen molar-refractivity contribution in [3.63, 3.8) is 0 Å². The maximum atomic E-state index is 12.3. The first-order valence-electron chi connectivity index (χ1n) is 10.0. The molecule has 2 fully saturated rings. The number of hydrogen-bond acceptors (Lipinski definition) is 3. The van der Waals surface area contributed by atoms with Gasteiger partial charge in [-0.25, -0.2) is 0 Å². The molecule has 2 aliphatic heterocycles. The number of piperidine rings is 1. The van der Waals surface area contributed by atoms with Gasteiger partial charge in [-0.3, -0.25) is 14.5 Å². The van der Waals surface area contributed by atoms with Gasteiger partial charge >= 0.3 is 0 Å². The number of amides is 2. The molecule has 2 aliphatic rings. The summed E-state index contributed by atoms with van der Waals surface area (Å²) >= 11 is 0. The molecular weight excluding hydrogens is 326 g/mol. The number of anilines is 1. The lowest BCUT2D eigenvalue weighted by molar-refractivity contribution is -0.117. The number of rotatable bonds is 6. The van der Waals surface area contributed by atoms with Crippen LogP contribution in [0.3, 0.4) is 0 Å².